The summed E-state index contributed by atoms with van der Waals surface area (Å²) in [6, 6.07) is 10.4. The maximum atomic E-state index is 13.3. The fourth-order valence-corrected chi connectivity index (χ4v) is 7.90. The summed E-state index contributed by atoms with van der Waals surface area (Å²) >= 11 is 0. The van der Waals surface area contributed by atoms with Crippen LogP contribution in [0.5, 0.6) is 0 Å². The topological polar surface area (TPSA) is 196 Å². The number of nitro groups is 1. The molecule has 2 fully saturated rings. The summed E-state index contributed by atoms with van der Waals surface area (Å²) in [5, 5.41) is 9.04. The van der Waals surface area contributed by atoms with Gasteiger partial charge in [-0.3, -0.25) is 19.7 Å². The zero-order valence-electron chi connectivity index (χ0n) is 21.3. The number of carbonyl (C=O) groups excluding carboxylic acids is 3. The van der Waals surface area contributed by atoms with Gasteiger partial charge in [0.25, 0.3) is 5.69 Å². The quantitative estimate of drug-likeness (QED) is 0.173. The number of benzene rings is 2. The van der Waals surface area contributed by atoms with Gasteiger partial charge in [0.05, 0.1) is 4.92 Å². The second-order valence-electron chi connectivity index (χ2n) is 9.72. The fraction of sp³-hybridized carbons (Fsp3) is 0.375. The number of ether oxygens (including phenoxy) is 2. The third-order valence-electron chi connectivity index (χ3n) is 6.68. The molecule has 3 atom stereocenters. The van der Waals surface area contributed by atoms with E-state index in [2.05, 4.69) is 0 Å². The number of sulfone groups is 1. The minimum absolute atomic E-state index is 0.156. The molecule has 1 N–H and O–H groups in total. The van der Waals surface area contributed by atoms with E-state index < -0.39 is 70.6 Å². The normalized spacial score (nSPS) is 22.6. The number of rotatable bonds is 10. The Morgan fingerprint density at radius 2 is 1.60 bits per heavy atom. The van der Waals surface area contributed by atoms with E-state index >= 15 is 0 Å². The molecule has 0 radical (unpaired) electrons. The molecule has 2 aliphatic rings. The molecule has 2 heterocycles. The maximum Gasteiger partial charge on any atom is 0.330 e. The Kier molecular flexibility index (Phi) is 7.70. The summed E-state index contributed by atoms with van der Waals surface area (Å²) in [5.74, 6) is -4.33. The molecule has 2 aromatic rings. The Bertz CT molecular complexity index is 1560. The van der Waals surface area contributed by atoms with Crippen molar-refractivity contribution in [1.82, 2.24) is 9.62 Å². The Morgan fingerprint density at radius 1 is 1.02 bits per heavy atom. The summed E-state index contributed by atoms with van der Waals surface area (Å²) in [7, 11) is -8.82. The van der Waals surface area contributed by atoms with Crippen molar-refractivity contribution < 1.29 is 45.6 Å². The van der Waals surface area contributed by atoms with E-state index in [0.717, 1.165) is 4.90 Å². The first-order valence-corrected chi connectivity index (χ1v) is 15.0. The van der Waals surface area contributed by atoms with Crippen LogP contribution in [-0.4, -0.2) is 72.5 Å². The van der Waals surface area contributed by atoms with E-state index in [1.165, 1.54) is 38.1 Å². The molecule has 40 heavy (non-hydrogen) atoms. The summed E-state index contributed by atoms with van der Waals surface area (Å²) in [5.41, 5.74) is 0.823. The molecular weight excluding hydrogens is 570 g/mol. The number of hydrogen-bond donors (Lipinski definition) is 1. The summed E-state index contributed by atoms with van der Waals surface area (Å²) in [4.78, 5) is 48.9. The second-order valence-corrected chi connectivity index (χ2v) is 14.1. The number of sulfonamides is 1. The largest absolute Gasteiger partial charge is 0.460 e. The van der Waals surface area contributed by atoms with Crippen LogP contribution in [0, 0.1) is 10.1 Å². The highest BCUT2D eigenvalue weighted by Gasteiger charge is 2.73. The van der Waals surface area contributed by atoms with Crippen molar-refractivity contribution in [3.05, 3.63) is 75.8 Å². The van der Waals surface area contributed by atoms with Gasteiger partial charge in [-0.05, 0) is 37.1 Å². The average Bonchev–Trinajstić information content (AvgIpc) is 3.04. The van der Waals surface area contributed by atoms with E-state index in [0.29, 0.717) is 11.1 Å². The minimum Gasteiger partial charge on any atom is -0.460 e. The van der Waals surface area contributed by atoms with Crippen LogP contribution in [0.25, 0.3) is 0 Å². The Morgan fingerprint density at radius 3 is 2.20 bits per heavy atom. The number of nitrogens with one attached hydrogen (secondary N) is 1. The lowest BCUT2D eigenvalue weighted by Gasteiger charge is -2.42. The van der Waals surface area contributed by atoms with Crippen molar-refractivity contribution >= 4 is 43.4 Å². The van der Waals surface area contributed by atoms with E-state index in [9.17, 15) is 41.3 Å². The van der Waals surface area contributed by atoms with Gasteiger partial charge in [-0.15, -0.1) is 0 Å². The molecule has 0 unspecified atom stereocenters. The first-order valence-electron chi connectivity index (χ1n) is 11.8. The number of esters is 2. The molecule has 1 amide bonds. The highest BCUT2D eigenvalue weighted by molar-refractivity contribution is 7.94. The Balaban J connectivity index is 1.40. The number of non-ortho nitro benzene ring substituents is 1. The van der Waals surface area contributed by atoms with Gasteiger partial charge in [-0.2, -0.15) is 4.72 Å². The van der Waals surface area contributed by atoms with Crippen LogP contribution in [0.1, 0.15) is 25.0 Å². The zero-order valence-corrected chi connectivity index (χ0v) is 22.9. The molecule has 14 nitrogen and oxygen atoms in total. The van der Waals surface area contributed by atoms with Gasteiger partial charge in [0, 0.05) is 12.1 Å². The van der Waals surface area contributed by atoms with Crippen molar-refractivity contribution in [3.63, 3.8) is 0 Å². The smallest absolute Gasteiger partial charge is 0.330 e. The number of amides is 1. The van der Waals surface area contributed by atoms with Crippen molar-refractivity contribution in [2.24, 2.45) is 0 Å². The lowest BCUT2D eigenvalue weighted by Crippen LogP contribution is -2.72. The number of β-lactam (4-membered cyclic amide) rings is 1. The summed E-state index contributed by atoms with van der Waals surface area (Å²) in [6.07, 6.45) is 0. The lowest BCUT2D eigenvalue weighted by atomic mass is 9.96. The van der Waals surface area contributed by atoms with Crippen molar-refractivity contribution in [2.75, 3.05) is 5.75 Å². The third-order valence-corrected chi connectivity index (χ3v) is 10.7. The molecule has 0 aromatic heterocycles. The SMILES string of the molecule is CC1(C)[C@H](C(=O)OCc2ccccc2)N2C(=O)[C@@H](NS(=O)(=O)CC(=O)OCc3ccc([N+](=O)[O-])cc3)[C@H]2S1(=O)=O. The second kappa shape index (κ2) is 10.6. The van der Waals surface area contributed by atoms with E-state index in [4.69, 9.17) is 9.47 Å². The minimum atomic E-state index is -4.55. The number of fused-ring (bicyclic) bond motifs is 1. The van der Waals surface area contributed by atoms with Crippen molar-refractivity contribution in [2.45, 2.75) is 49.3 Å². The van der Waals surface area contributed by atoms with Crippen molar-refractivity contribution in [1.29, 1.82) is 0 Å². The maximum absolute atomic E-state index is 13.3. The van der Waals surface area contributed by atoms with Crippen LogP contribution < -0.4 is 4.72 Å². The van der Waals surface area contributed by atoms with Crippen LogP contribution in [0.2, 0.25) is 0 Å². The molecule has 0 aliphatic carbocycles. The molecule has 4 rings (SSSR count). The molecule has 2 saturated heterocycles. The van der Waals surface area contributed by atoms with Crippen LogP contribution in [-0.2, 0) is 56.9 Å². The molecule has 2 aliphatic heterocycles. The van der Waals surface area contributed by atoms with E-state index in [1.54, 1.807) is 30.3 Å². The van der Waals surface area contributed by atoms with Crippen LogP contribution in [0.15, 0.2) is 54.6 Å². The van der Waals surface area contributed by atoms with Gasteiger partial charge in [-0.25, -0.2) is 21.6 Å². The molecule has 0 bridgehead atoms. The van der Waals surface area contributed by atoms with E-state index in [-0.39, 0.29) is 18.9 Å². The number of nitro benzene ring substituents is 1. The van der Waals surface area contributed by atoms with Gasteiger partial charge < -0.3 is 14.4 Å². The van der Waals surface area contributed by atoms with Crippen LogP contribution in [0.4, 0.5) is 5.69 Å². The summed E-state index contributed by atoms with van der Waals surface area (Å²) < 4.78 is 62.1. The predicted molar refractivity (Wildman–Crippen MR) is 137 cm³/mol. The standard InChI is InChI=1S/C24H25N3O11S2/c1-24(2)20(23(30)38-13-15-6-4-3-5-7-15)26-21(29)19(22(26)40(24,35)36)25-39(33,34)14-18(28)37-12-16-8-10-17(11-9-16)27(31)32/h3-11,19-20,22,25H,12-14H2,1-2H3/t19-,20+,22-/m1/s1. The van der Waals surface area contributed by atoms with Crippen LogP contribution in [0.3, 0.4) is 0 Å². The molecule has 2 aromatic carbocycles. The highest BCUT2D eigenvalue weighted by atomic mass is 32.2. The average molecular weight is 596 g/mol. The van der Waals surface area contributed by atoms with Crippen LogP contribution >= 0.6 is 0 Å². The van der Waals surface area contributed by atoms with Gasteiger partial charge in [0.2, 0.25) is 15.9 Å². The third kappa shape index (κ3) is 5.41. The van der Waals surface area contributed by atoms with Gasteiger partial charge >= 0.3 is 11.9 Å². The number of nitrogens with zero attached hydrogens (tertiary/aromatic N) is 2. The van der Waals surface area contributed by atoms with Crippen molar-refractivity contribution in [3.8, 4) is 0 Å². The predicted octanol–water partition coefficient (Wildman–Crippen LogP) is 0.413. The summed E-state index contributed by atoms with van der Waals surface area (Å²) in [6.45, 7) is 1.98. The van der Waals surface area contributed by atoms with E-state index in [1.807, 2.05) is 4.72 Å². The van der Waals surface area contributed by atoms with Gasteiger partial charge in [-0.1, -0.05) is 30.3 Å². The Hall–Kier alpha value is -3.89. The highest BCUT2D eigenvalue weighted by Crippen LogP contribution is 2.46. The number of carbonyl (C=O) groups is 3. The molecule has 214 valence electrons. The van der Waals surface area contributed by atoms with Gasteiger partial charge in [0.1, 0.15) is 30.0 Å². The molecule has 16 heteroatoms. The monoisotopic (exact) mass is 595 g/mol. The molecule has 0 spiro atoms. The first-order chi connectivity index (χ1) is 18.7. The molecular formula is C24H25N3O11S2. The zero-order chi connectivity index (χ0) is 29.5. The molecule has 0 saturated carbocycles. The number of hydrogen-bond acceptors (Lipinski definition) is 11. The first kappa shape index (κ1) is 29.1. The fourth-order valence-electron chi connectivity index (χ4n) is 4.51. The lowest BCUT2D eigenvalue weighted by molar-refractivity contribution is -0.384. The Labute approximate surface area is 229 Å². The van der Waals surface area contributed by atoms with Gasteiger partial charge in [0.15, 0.2) is 21.0 Å².